The molecule has 0 aromatic carbocycles. The Bertz CT molecular complexity index is 553. The lowest BCUT2D eigenvalue weighted by Crippen LogP contribution is -2.43. The van der Waals surface area contributed by atoms with Crippen LogP contribution in [0.4, 0.5) is 0 Å². The van der Waals surface area contributed by atoms with E-state index in [4.69, 9.17) is 0 Å². The molecule has 0 N–H and O–H groups in total. The normalized spacial score (nSPS) is 20.5. The van der Waals surface area contributed by atoms with E-state index < -0.39 is 0 Å². The number of rotatable bonds is 0. The topological polar surface area (TPSA) is 50.5 Å². The second-order valence-electron chi connectivity index (χ2n) is 3.65. The van der Waals surface area contributed by atoms with Crippen LogP contribution in [0.15, 0.2) is 22.4 Å². The summed E-state index contributed by atoms with van der Waals surface area (Å²) in [6.07, 6.45) is 3.41. The number of aromatic nitrogens is 2. The van der Waals surface area contributed by atoms with Gasteiger partial charge in [-0.15, -0.1) is 0 Å². The molecule has 1 heterocycles. The monoisotopic (exact) mass is 214 g/mol. The SMILES string of the molecule is CN=C1C(=NC)C(C)=c2nccnc2=C1C. The molecule has 0 radical (unpaired) electrons. The van der Waals surface area contributed by atoms with E-state index in [1.54, 1.807) is 26.5 Å². The van der Waals surface area contributed by atoms with Gasteiger partial charge in [0.05, 0.1) is 22.1 Å². The van der Waals surface area contributed by atoms with Crippen molar-refractivity contribution in [3.8, 4) is 0 Å². The van der Waals surface area contributed by atoms with Crippen LogP contribution in [0.5, 0.6) is 0 Å². The Morgan fingerprint density at radius 3 is 1.50 bits per heavy atom. The Morgan fingerprint density at radius 1 is 0.812 bits per heavy atom. The molecule has 0 aliphatic heterocycles. The van der Waals surface area contributed by atoms with Gasteiger partial charge in [0.2, 0.25) is 0 Å². The van der Waals surface area contributed by atoms with Gasteiger partial charge in [-0.2, -0.15) is 0 Å². The Labute approximate surface area is 94.2 Å². The first kappa shape index (κ1) is 10.7. The molecule has 82 valence electrons. The molecule has 1 aromatic heterocycles. The molecule has 0 atom stereocenters. The highest BCUT2D eigenvalue weighted by Gasteiger charge is 2.19. The number of hydrogen-bond acceptors (Lipinski definition) is 4. The maximum absolute atomic E-state index is 4.36. The fourth-order valence-electron chi connectivity index (χ4n) is 2.01. The van der Waals surface area contributed by atoms with Gasteiger partial charge in [-0.1, -0.05) is 0 Å². The van der Waals surface area contributed by atoms with E-state index in [0.717, 1.165) is 33.3 Å². The third-order valence-corrected chi connectivity index (χ3v) is 2.79. The molecule has 1 aromatic rings. The smallest absolute Gasteiger partial charge is 0.0941 e. The lowest BCUT2D eigenvalue weighted by Gasteiger charge is -2.14. The van der Waals surface area contributed by atoms with Crippen LogP contribution in [0.1, 0.15) is 13.8 Å². The quantitative estimate of drug-likeness (QED) is 0.609. The molecule has 2 rings (SSSR count). The zero-order valence-electron chi connectivity index (χ0n) is 9.94. The van der Waals surface area contributed by atoms with Crippen molar-refractivity contribution in [2.75, 3.05) is 14.1 Å². The fraction of sp³-hybridized carbons (Fsp3) is 0.333. The van der Waals surface area contributed by atoms with Crippen LogP contribution in [-0.4, -0.2) is 35.5 Å². The van der Waals surface area contributed by atoms with Crippen molar-refractivity contribution >= 4 is 22.6 Å². The Balaban J connectivity index is 3.01. The molecule has 0 amide bonds. The first-order chi connectivity index (χ1) is 7.70. The first-order valence-electron chi connectivity index (χ1n) is 5.14. The van der Waals surface area contributed by atoms with E-state index in [1.807, 2.05) is 13.8 Å². The molecule has 0 fully saturated rings. The fourth-order valence-corrected chi connectivity index (χ4v) is 2.01. The first-order valence-corrected chi connectivity index (χ1v) is 5.14. The summed E-state index contributed by atoms with van der Waals surface area (Å²) in [5.41, 5.74) is 3.90. The maximum atomic E-state index is 4.36. The highest BCUT2D eigenvalue weighted by atomic mass is 14.8. The molecule has 0 spiro atoms. The Morgan fingerprint density at radius 2 is 1.19 bits per heavy atom. The molecule has 1 aliphatic carbocycles. The summed E-state index contributed by atoms with van der Waals surface area (Å²) in [5, 5.41) is 1.82. The molecular formula is C12H14N4. The minimum Gasteiger partial charge on any atom is -0.286 e. The van der Waals surface area contributed by atoms with Crippen molar-refractivity contribution in [1.29, 1.82) is 0 Å². The summed E-state index contributed by atoms with van der Waals surface area (Å²) in [5.74, 6) is 0. The van der Waals surface area contributed by atoms with Crippen LogP contribution in [0, 0.1) is 0 Å². The maximum Gasteiger partial charge on any atom is 0.0941 e. The average Bonchev–Trinajstić information content (AvgIpc) is 2.33. The van der Waals surface area contributed by atoms with E-state index >= 15 is 0 Å². The Hall–Kier alpha value is -1.84. The van der Waals surface area contributed by atoms with E-state index in [2.05, 4.69) is 20.0 Å². The third-order valence-electron chi connectivity index (χ3n) is 2.79. The van der Waals surface area contributed by atoms with Gasteiger partial charge in [0.25, 0.3) is 0 Å². The minimum absolute atomic E-state index is 0.910. The number of aliphatic imine (C=N–C) groups is 2. The third kappa shape index (κ3) is 1.38. The van der Waals surface area contributed by atoms with Gasteiger partial charge >= 0.3 is 0 Å². The number of hydrogen-bond donors (Lipinski definition) is 0. The molecule has 0 bridgehead atoms. The zero-order chi connectivity index (χ0) is 11.7. The molecule has 0 saturated carbocycles. The van der Waals surface area contributed by atoms with E-state index in [-0.39, 0.29) is 0 Å². The lowest BCUT2D eigenvalue weighted by molar-refractivity contribution is 1.08. The van der Waals surface area contributed by atoms with Crippen LogP contribution >= 0.6 is 0 Å². The van der Waals surface area contributed by atoms with E-state index in [1.165, 1.54) is 0 Å². The largest absolute Gasteiger partial charge is 0.286 e. The van der Waals surface area contributed by atoms with Crippen molar-refractivity contribution in [2.24, 2.45) is 9.98 Å². The van der Waals surface area contributed by atoms with Crippen molar-refractivity contribution in [2.45, 2.75) is 13.8 Å². The second-order valence-corrected chi connectivity index (χ2v) is 3.65. The molecule has 1 aliphatic rings. The highest BCUT2D eigenvalue weighted by molar-refractivity contribution is 6.66. The van der Waals surface area contributed by atoms with Crippen molar-refractivity contribution in [1.82, 2.24) is 9.97 Å². The minimum atomic E-state index is 0.910. The molecule has 4 heteroatoms. The molecule has 4 nitrogen and oxygen atoms in total. The van der Waals surface area contributed by atoms with Gasteiger partial charge < -0.3 is 0 Å². The van der Waals surface area contributed by atoms with Crippen LogP contribution in [0.25, 0.3) is 11.1 Å². The van der Waals surface area contributed by atoms with Gasteiger partial charge in [-0.05, 0) is 13.8 Å². The van der Waals surface area contributed by atoms with Crippen LogP contribution in [0.3, 0.4) is 0 Å². The van der Waals surface area contributed by atoms with Gasteiger partial charge in [0.1, 0.15) is 0 Å². The lowest BCUT2D eigenvalue weighted by atomic mass is 9.96. The summed E-state index contributed by atoms with van der Waals surface area (Å²) in [6.45, 7) is 4.01. The molecular weight excluding hydrogens is 200 g/mol. The van der Waals surface area contributed by atoms with Crippen molar-refractivity contribution < 1.29 is 0 Å². The molecule has 16 heavy (non-hydrogen) atoms. The van der Waals surface area contributed by atoms with Crippen LogP contribution < -0.4 is 10.7 Å². The number of fused-ring (bicyclic) bond motifs is 1. The standard InChI is InChI=1S/C12H14N4/c1-7-9(13-3)10(14-4)8(2)12-11(7)15-5-6-16-12/h5-6H,1-4H3. The highest BCUT2D eigenvalue weighted by Crippen LogP contribution is 2.08. The van der Waals surface area contributed by atoms with Crippen LogP contribution in [0.2, 0.25) is 0 Å². The van der Waals surface area contributed by atoms with Gasteiger partial charge in [0, 0.05) is 37.6 Å². The predicted molar refractivity (Wildman–Crippen MR) is 66.2 cm³/mol. The van der Waals surface area contributed by atoms with Crippen molar-refractivity contribution in [3.05, 3.63) is 23.1 Å². The predicted octanol–water partition coefficient (Wildman–Crippen LogP) is -0.0270. The summed E-state index contributed by atoms with van der Waals surface area (Å²) in [7, 11) is 3.55. The summed E-state index contributed by atoms with van der Waals surface area (Å²) in [4.78, 5) is 17.3. The van der Waals surface area contributed by atoms with Crippen molar-refractivity contribution in [3.63, 3.8) is 0 Å². The molecule has 0 unspecified atom stereocenters. The summed E-state index contributed by atoms with van der Waals surface area (Å²) < 4.78 is 0. The van der Waals surface area contributed by atoms with Gasteiger partial charge in [-0.25, -0.2) is 0 Å². The average molecular weight is 214 g/mol. The van der Waals surface area contributed by atoms with E-state index in [9.17, 15) is 0 Å². The molecule has 0 saturated heterocycles. The number of nitrogens with zero attached hydrogens (tertiary/aromatic N) is 4. The Kier molecular flexibility index (Phi) is 2.64. The van der Waals surface area contributed by atoms with Crippen LogP contribution in [-0.2, 0) is 0 Å². The summed E-state index contributed by atoms with van der Waals surface area (Å²) in [6, 6.07) is 0. The van der Waals surface area contributed by atoms with Gasteiger partial charge in [0.15, 0.2) is 0 Å². The van der Waals surface area contributed by atoms with Gasteiger partial charge in [-0.3, -0.25) is 20.0 Å². The summed E-state index contributed by atoms with van der Waals surface area (Å²) >= 11 is 0. The van der Waals surface area contributed by atoms with E-state index in [0.29, 0.717) is 0 Å². The second kappa shape index (κ2) is 3.96. The zero-order valence-corrected chi connectivity index (χ0v) is 9.94.